The van der Waals surface area contributed by atoms with Crippen molar-refractivity contribution in [2.75, 3.05) is 7.05 Å². The fourth-order valence-corrected chi connectivity index (χ4v) is 1.62. The van der Waals surface area contributed by atoms with Crippen LogP contribution in [0.2, 0.25) is 5.15 Å². The van der Waals surface area contributed by atoms with E-state index in [1.54, 1.807) is 31.3 Å². The highest BCUT2D eigenvalue weighted by Gasteiger charge is 2.08. The third-order valence-electron chi connectivity index (χ3n) is 2.17. The van der Waals surface area contributed by atoms with Gasteiger partial charge in [-0.3, -0.25) is 4.79 Å². The molecule has 4 heteroatoms. The zero-order valence-electron chi connectivity index (χ0n) is 8.12. The number of pyridine rings is 1. The lowest BCUT2D eigenvalue weighted by Gasteiger charge is -2.04. The highest BCUT2D eigenvalue weighted by Crippen LogP contribution is 2.19. The molecule has 1 N–H and O–H groups in total. The maximum Gasteiger partial charge on any atom is 0.251 e. The summed E-state index contributed by atoms with van der Waals surface area (Å²) in [5.74, 6) is -0.121. The highest BCUT2D eigenvalue weighted by atomic mass is 35.5. The Hall–Kier alpha value is -1.61. The van der Waals surface area contributed by atoms with Crippen molar-refractivity contribution < 1.29 is 4.79 Å². The summed E-state index contributed by atoms with van der Waals surface area (Å²) < 4.78 is 0. The van der Waals surface area contributed by atoms with Gasteiger partial charge >= 0.3 is 0 Å². The van der Waals surface area contributed by atoms with Gasteiger partial charge in [0.2, 0.25) is 0 Å². The van der Waals surface area contributed by atoms with E-state index in [4.69, 9.17) is 11.6 Å². The van der Waals surface area contributed by atoms with Gasteiger partial charge in [0.05, 0.1) is 5.52 Å². The van der Waals surface area contributed by atoms with Gasteiger partial charge in [0, 0.05) is 18.0 Å². The topological polar surface area (TPSA) is 42.0 Å². The number of aromatic nitrogens is 1. The van der Waals surface area contributed by atoms with Crippen LogP contribution in [0, 0.1) is 0 Å². The van der Waals surface area contributed by atoms with E-state index in [-0.39, 0.29) is 5.91 Å². The minimum absolute atomic E-state index is 0.121. The number of nitrogens with one attached hydrogen (secondary N) is 1. The van der Waals surface area contributed by atoms with E-state index in [1.165, 1.54) is 0 Å². The molecule has 0 fully saturated rings. The molecule has 0 aliphatic rings. The average Bonchev–Trinajstić information content (AvgIpc) is 2.26. The molecule has 0 radical (unpaired) electrons. The van der Waals surface area contributed by atoms with Gasteiger partial charge in [-0.05, 0) is 24.3 Å². The van der Waals surface area contributed by atoms with E-state index in [2.05, 4.69) is 10.3 Å². The number of hydrogen-bond acceptors (Lipinski definition) is 2. The van der Waals surface area contributed by atoms with Crippen LogP contribution < -0.4 is 5.32 Å². The molecule has 1 heterocycles. The molecule has 1 aromatic heterocycles. The molecule has 0 aliphatic carbocycles. The predicted molar refractivity (Wildman–Crippen MR) is 60.1 cm³/mol. The zero-order chi connectivity index (χ0) is 10.8. The van der Waals surface area contributed by atoms with Crippen molar-refractivity contribution in [1.29, 1.82) is 0 Å². The summed E-state index contributed by atoms with van der Waals surface area (Å²) in [7, 11) is 1.60. The molecular weight excluding hydrogens is 212 g/mol. The van der Waals surface area contributed by atoms with Crippen molar-refractivity contribution >= 4 is 28.4 Å². The van der Waals surface area contributed by atoms with Crippen LogP contribution in [0.25, 0.3) is 10.9 Å². The summed E-state index contributed by atoms with van der Waals surface area (Å²) >= 11 is 5.77. The lowest BCUT2D eigenvalue weighted by molar-refractivity contribution is 0.0964. The van der Waals surface area contributed by atoms with Crippen LogP contribution in [0.15, 0.2) is 30.3 Å². The Labute approximate surface area is 92.1 Å². The Morgan fingerprint density at radius 3 is 2.87 bits per heavy atom. The van der Waals surface area contributed by atoms with E-state index >= 15 is 0 Å². The Morgan fingerprint density at radius 1 is 1.33 bits per heavy atom. The van der Waals surface area contributed by atoms with Gasteiger partial charge < -0.3 is 5.32 Å². The summed E-state index contributed by atoms with van der Waals surface area (Å²) in [6, 6.07) is 8.85. The van der Waals surface area contributed by atoms with Gasteiger partial charge in [-0.1, -0.05) is 17.7 Å². The molecule has 2 rings (SSSR count). The first kappa shape index (κ1) is 9.93. The first-order valence-electron chi connectivity index (χ1n) is 4.50. The van der Waals surface area contributed by atoms with Crippen molar-refractivity contribution in [2.45, 2.75) is 0 Å². The Morgan fingerprint density at radius 2 is 2.13 bits per heavy atom. The van der Waals surface area contributed by atoms with Crippen molar-refractivity contribution in [1.82, 2.24) is 10.3 Å². The number of nitrogens with zero attached hydrogens (tertiary/aromatic N) is 1. The molecule has 0 saturated heterocycles. The molecule has 0 aliphatic heterocycles. The molecular formula is C11H9ClN2O. The van der Waals surface area contributed by atoms with Gasteiger partial charge in [0.25, 0.3) is 5.91 Å². The van der Waals surface area contributed by atoms with Crippen molar-refractivity contribution in [3.8, 4) is 0 Å². The first-order chi connectivity index (χ1) is 7.22. The minimum atomic E-state index is -0.121. The lowest BCUT2D eigenvalue weighted by atomic mass is 10.1. The third-order valence-corrected chi connectivity index (χ3v) is 2.38. The second kappa shape index (κ2) is 3.87. The van der Waals surface area contributed by atoms with Crippen LogP contribution in [0.3, 0.4) is 0 Å². The number of fused-ring (bicyclic) bond motifs is 1. The second-order valence-electron chi connectivity index (χ2n) is 3.09. The number of benzene rings is 1. The highest BCUT2D eigenvalue weighted by molar-refractivity contribution is 6.29. The Bertz CT molecular complexity index is 525. The minimum Gasteiger partial charge on any atom is -0.355 e. The van der Waals surface area contributed by atoms with Gasteiger partial charge in [-0.2, -0.15) is 0 Å². The summed E-state index contributed by atoms with van der Waals surface area (Å²) in [4.78, 5) is 15.7. The van der Waals surface area contributed by atoms with Crippen LogP contribution >= 0.6 is 11.6 Å². The number of amides is 1. The van der Waals surface area contributed by atoms with E-state index < -0.39 is 0 Å². The summed E-state index contributed by atoms with van der Waals surface area (Å²) in [6.45, 7) is 0. The van der Waals surface area contributed by atoms with Gasteiger partial charge in [-0.25, -0.2) is 4.98 Å². The number of hydrogen-bond donors (Lipinski definition) is 1. The normalized spacial score (nSPS) is 10.3. The standard InChI is InChI=1S/C11H9ClN2O/c1-13-11(15)8-3-2-4-9-7(8)5-6-10(12)14-9/h2-6H,1H3,(H,13,15). The van der Waals surface area contributed by atoms with Crippen LogP contribution in [-0.4, -0.2) is 17.9 Å². The van der Waals surface area contributed by atoms with Crippen LogP contribution in [0.4, 0.5) is 0 Å². The van der Waals surface area contributed by atoms with Crippen LogP contribution in [0.5, 0.6) is 0 Å². The summed E-state index contributed by atoms with van der Waals surface area (Å²) in [6.07, 6.45) is 0. The Kier molecular flexibility index (Phi) is 2.56. The van der Waals surface area contributed by atoms with Crippen LogP contribution in [0.1, 0.15) is 10.4 Å². The number of carbonyl (C=O) groups excluding carboxylic acids is 1. The average molecular weight is 221 g/mol. The molecule has 0 saturated carbocycles. The van der Waals surface area contributed by atoms with Crippen LogP contribution in [-0.2, 0) is 0 Å². The molecule has 1 amide bonds. The number of carbonyl (C=O) groups is 1. The fraction of sp³-hybridized carbons (Fsp3) is 0.0909. The van der Waals surface area contributed by atoms with E-state index in [0.717, 1.165) is 10.9 Å². The molecule has 2 aromatic rings. The molecule has 0 unspecified atom stereocenters. The maximum atomic E-state index is 11.5. The van der Waals surface area contributed by atoms with Gasteiger partial charge in [-0.15, -0.1) is 0 Å². The van der Waals surface area contributed by atoms with Gasteiger partial charge in [0.15, 0.2) is 0 Å². The molecule has 76 valence electrons. The Balaban J connectivity index is 2.71. The maximum absolute atomic E-state index is 11.5. The monoisotopic (exact) mass is 220 g/mol. The number of halogens is 1. The zero-order valence-corrected chi connectivity index (χ0v) is 8.88. The largest absolute Gasteiger partial charge is 0.355 e. The van der Waals surface area contributed by atoms with Crippen molar-refractivity contribution in [2.24, 2.45) is 0 Å². The summed E-state index contributed by atoms with van der Waals surface area (Å²) in [5, 5.41) is 3.82. The van der Waals surface area contributed by atoms with Crippen molar-refractivity contribution in [3.05, 3.63) is 41.0 Å². The molecule has 0 bridgehead atoms. The molecule has 0 spiro atoms. The fourth-order valence-electron chi connectivity index (χ4n) is 1.46. The van der Waals surface area contributed by atoms with Crippen molar-refractivity contribution in [3.63, 3.8) is 0 Å². The summed E-state index contributed by atoms with van der Waals surface area (Å²) in [5.41, 5.74) is 1.34. The van der Waals surface area contributed by atoms with E-state index in [1.807, 2.05) is 6.07 Å². The molecule has 15 heavy (non-hydrogen) atoms. The first-order valence-corrected chi connectivity index (χ1v) is 4.87. The lowest BCUT2D eigenvalue weighted by Crippen LogP contribution is -2.18. The number of rotatable bonds is 1. The SMILES string of the molecule is CNC(=O)c1cccc2nc(Cl)ccc12. The molecule has 3 nitrogen and oxygen atoms in total. The van der Waals surface area contributed by atoms with E-state index in [9.17, 15) is 4.79 Å². The smallest absolute Gasteiger partial charge is 0.251 e. The second-order valence-corrected chi connectivity index (χ2v) is 3.47. The quantitative estimate of drug-likeness (QED) is 0.749. The van der Waals surface area contributed by atoms with E-state index in [0.29, 0.717) is 10.7 Å². The predicted octanol–water partition coefficient (Wildman–Crippen LogP) is 2.25. The molecule has 0 atom stereocenters. The van der Waals surface area contributed by atoms with Gasteiger partial charge in [0.1, 0.15) is 5.15 Å². The third kappa shape index (κ3) is 1.78. The molecule has 1 aromatic carbocycles.